The summed E-state index contributed by atoms with van der Waals surface area (Å²) in [7, 11) is 0. The van der Waals surface area contributed by atoms with E-state index in [1.807, 2.05) is 24.4 Å². The Balaban J connectivity index is 1.08. The highest BCUT2D eigenvalue weighted by Crippen LogP contribution is 2.29. The molecule has 1 aromatic heterocycles. The van der Waals surface area contributed by atoms with Gasteiger partial charge in [0.15, 0.2) is 0 Å². The van der Waals surface area contributed by atoms with E-state index < -0.39 is 0 Å². The van der Waals surface area contributed by atoms with Gasteiger partial charge < -0.3 is 9.47 Å². The highest BCUT2D eigenvalue weighted by atomic mass is 16.5. The van der Waals surface area contributed by atoms with Crippen LogP contribution in [0.25, 0.3) is 11.1 Å². The van der Waals surface area contributed by atoms with Gasteiger partial charge in [-0.25, -0.2) is 4.99 Å². The molecular formula is C35H44N2O3. The van der Waals surface area contributed by atoms with Crippen molar-refractivity contribution in [1.29, 1.82) is 0 Å². The van der Waals surface area contributed by atoms with Gasteiger partial charge in [0, 0.05) is 54.6 Å². The number of benzene rings is 1. The average Bonchev–Trinajstić information content (AvgIpc) is 3.40. The first kappa shape index (κ1) is 28.5. The summed E-state index contributed by atoms with van der Waals surface area (Å²) < 4.78 is 11.8. The van der Waals surface area contributed by atoms with Crippen LogP contribution in [0.3, 0.4) is 0 Å². The number of hydrogen-bond acceptors (Lipinski definition) is 5. The van der Waals surface area contributed by atoms with Crippen LogP contribution in [0, 0.1) is 5.92 Å². The average molecular weight is 541 g/mol. The van der Waals surface area contributed by atoms with Crippen molar-refractivity contribution >= 4 is 11.7 Å². The lowest BCUT2D eigenvalue weighted by Crippen LogP contribution is -2.18. The van der Waals surface area contributed by atoms with Crippen molar-refractivity contribution in [2.24, 2.45) is 10.9 Å². The molecule has 5 rings (SSSR count). The van der Waals surface area contributed by atoms with Crippen molar-refractivity contribution in [3.8, 4) is 16.9 Å². The number of pyridine rings is 1. The molecule has 1 saturated carbocycles. The second-order valence-electron chi connectivity index (χ2n) is 11.5. The van der Waals surface area contributed by atoms with Crippen molar-refractivity contribution < 1.29 is 14.3 Å². The number of nitrogens with zero attached hydrogens (tertiary/aromatic N) is 2. The van der Waals surface area contributed by atoms with E-state index in [1.165, 1.54) is 31.4 Å². The lowest BCUT2D eigenvalue weighted by Gasteiger charge is -2.20. The standard InChI is InChI=1S/C35H44N2O3/c38-34-15-7-5-11-29(34)10-3-1-2-4-13-31-14-6-8-16-35(37-31)40-32-20-17-27(18-21-32)30-19-22-33(36-26-30)28-12-9-24-39-25-23-28/h8,14,16-22,26,28-29H,1-7,9-13,15,23-25H2. The normalized spacial score (nSPS) is 21.8. The molecule has 2 aliphatic heterocycles. The van der Waals surface area contributed by atoms with E-state index in [9.17, 15) is 4.79 Å². The third-order valence-electron chi connectivity index (χ3n) is 8.49. The smallest absolute Gasteiger partial charge is 0.219 e. The van der Waals surface area contributed by atoms with Gasteiger partial charge in [-0.1, -0.05) is 56.0 Å². The first-order valence-electron chi connectivity index (χ1n) is 15.5. The summed E-state index contributed by atoms with van der Waals surface area (Å²) in [4.78, 5) is 21.6. The summed E-state index contributed by atoms with van der Waals surface area (Å²) in [6, 6.07) is 12.5. The van der Waals surface area contributed by atoms with Gasteiger partial charge in [0.05, 0.1) is 0 Å². The Bertz CT molecular complexity index is 1170. The van der Waals surface area contributed by atoms with Crippen molar-refractivity contribution in [2.45, 2.75) is 95.8 Å². The number of carbonyl (C=O) groups excluding carboxylic acids is 1. The van der Waals surface area contributed by atoms with Crippen LogP contribution in [0.4, 0.5) is 0 Å². The number of aromatic nitrogens is 1. The van der Waals surface area contributed by atoms with E-state index in [1.54, 1.807) is 0 Å². The van der Waals surface area contributed by atoms with Crippen molar-refractivity contribution in [3.05, 3.63) is 72.2 Å². The Hall–Kier alpha value is -3.05. The van der Waals surface area contributed by atoms with Gasteiger partial charge in [-0.2, -0.15) is 0 Å². The number of ether oxygens (including phenoxy) is 2. The molecule has 2 atom stereocenters. The first-order chi connectivity index (χ1) is 19.7. The third kappa shape index (κ3) is 8.47. The van der Waals surface area contributed by atoms with E-state index in [0.717, 1.165) is 100.0 Å². The summed E-state index contributed by atoms with van der Waals surface area (Å²) in [6.07, 6.45) is 23.4. The van der Waals surface area contributed by atoms with Crippen LogP contribution >= 0.6 is 0 Å². The van der Waals surface area contributed by atoms with Crippen LogP contribution in [0.1, 0.15) is 102 Å². The van der Waals surface area contributed by atoms with Crippen molar-refractivity contribution in [2.75, 3.05) is 13.2 Å². The summed E-state index contributed by atoms with van der Waals surface area (Å²) in [6.45, 7) is 1.70. The highest BCUT2D eigenvalue weighted by Gasteiger charge is 2.21. The maximum absolute atomic E-state index is 12.0. The second kappa shape index (κ2) is 15.1. The molecule has 2 unspecified atom stereocenters. The van der Waals surface area contributed by atoms with Gasteiger partial charge in [0.2, 0.25) is 5.90 Å². The minimum Gasteiger partial charge on any atom is -0.439 e. The summed E-state index contributed by atoms with van der Waals surface area (Å²) >= 11 is 0. The van der Waals surface area contributed by atoms with Gasteiger partial charge in [0.1, 0.15) is 11.5 Å². The van der Waals surface area contributed by atoms with Gasteiger partial charge in [-0.05, 0) is 87.6 Å². The second-order valence-corrected chi connectivity index (χ2v) is 11.5. The van der Waals surface area contributed by atoms with Crippen LogP contribution in [-0.4, -0.2) is 29.9 Å². The molecule has 3 aliphatic rings. The quantitative estimate of drug-likeness (QED) is 0.283. The molecule has 3 heterocycles. The number of carbonyl (C=O) groups is 1. The zero-order valence-electron chi connectivity index (χ0n) is 23.9. The topological polar surface area (TPSA) is 60.8 Å². The Kier molecular flexibility index (Phi) is 10.7. The largest absolute Gasteiger partial charge is 0.439 e. The lowest BCUT2D eigenvalue weighted by molar-refractivity contribution is -0.124. The minimum atomic E-state index is 0.340. The molecule has 5 heteroatoms. The van der Waals surface area contributed by atoms with Gasteiger partial charge in [-0.15, -0.1) is 0 Å². The van der Waals surface area contributed by atoms with Crippen LogP contribution in [0.15, 0.2) is 71.5 Å². The fraction of sp³-hybridized carbons (Fsp3) is 0.514. The molecule has 0 spiro atoms. The van der Waals surface area contributed by atoms with Crippen LogP contribution < -0.4 is 4.74 Å². The number of allylic oxidation sites excluding steroid dienone is 3. The number of ketones is 1. The molecule has 40 heavy (non-hydrogen) atoms. The Morgan fingerprint density at radius 3 is 2.60 bits per heavy atom. The Labute approximate surface area is 239 Å². The number of aliphatic imine (C=N–C) groups is 1. The molecule has 1 aliphatic carbocycles. The van der Waals surface area contributed by atoms with Crippen LogP contribution in [-0.2, 0) is 9.53 Å². The molecule has 212 valence electrons. The summed E-state index contributed by atoms with van der Waals surface area (Å²) in [5, 5.41) is 0. The van der Waals surface area contributed by atoms with Gasteiger partial charge in [-0.3, -0.25) is 9.78 Å². The van der Waals surface area contributed by atoms with Crippen molar-refractivity contribution in [3.63, 3.8) is 0 Å². The Morgan fingerprint density at radius 1 is 0.875 bits per heavy atom. The zero-order chi connectivity index (χ0) is 27.4. The highest BCUT2D eigenvalue weighted by molar-refractivity contribution is 5.90. The van der Waals surface area contributed by atoms with Crippen molar-refractivity contribution in [1.82, 2.24) is 4.98 Å². The maximum Gasteiger partial charge on any atom is 0.219 e. The summed E-state index contributed by atoms with van der Waals surface area (Å²) in [5.41, 5.74) is 4.52. The van der Waals surface area contributed by atoms with Crippen LogP contribution in [0.2, 0.25) is 0 Å². The maximum atomic E-state index is 12.0. The molecule has 2 aromatic rings. The number of rotatable bonds is 10. The molecule has 0 radical (unpaired) electrons. The minimum absolute atomic E-state index is 0.340. The molecule has 1 aromatic carbocycles. The predicted molar refractivity (Wildman–Crippen MR) is 162 cm³/mol. The molecule has 2 fully saturated rings. The number of unbranched alkanes of at least 4 members (excludes halogenated alkanes) is 3. The van der Waals surface area contributed by atoms with E-state index in [2.05, 4.69) is 36.4 Å². The fourth-order valence-corrected chi connectivity index (χ4v) is 6.08. The van der Waals surface area contributed by atoms with Crippen LogP contribution in [0.5, 0.6) is 5.75 Å². The lowest BCUT2D eigenvalue weighted by atomic mass is 9.84. The monoisotopic (exact) mass is 540 g/mol. The predicted octanol–water partition coefficient (Wildman–Crippen LogP) is 8.75. The van der Waals surface area contributed by atoms with E-state index in [0.29, 0.717) is 23.5 Å². The van der Waals surface area contributed by atoms with E-state index in [4.69, 9.17) is 19.5 Å². The number of Topliss-reactive ketones (excluding diaryl/α,β-unsaturated/α-hetero) is 1. The molecule has 1 saturated heterocycles. The molecule has 5 nitrogen and oxygen atoms in total. The van der Waals surface area contributed by atoms with E-state index >= 15 is 0 Å². The fourth-order valence-electron chi connectivity index (χ4n) is 6.08. The SMILES string of the molecule is O=C1CCCCC1CCCCCCC1=CCC=CC(Oc2ccc(-c3ccc(C4CCCOCC4)nc3)cc2)=N1. The molecular weight excluding hydrogens is 496 g/mol. The zero-order valence-corrected chi connectivity index (χ0v) is 23.9. The molecule has 0 N–H and O–H groups in total. The molecule has 0 bridgehead atoms. The van der Waals surface area contributed by atoms with Gasteiger partial charge in [0.25, 0.3) is 0 Å². The first-order valence-corrected chi connectivity index (χ1v) is 15.5. The third-order valence-corrected chi connectivity index (χ3v) is 8.49. The summed E-state index contributed by atoms with van der Waals surface area (Å²) in [5.74, 6) is 2.77. The number of hydrogen-bond donors (Lipinski definition) is 0. The Morgan fingerprint density at radius 2 is 1.75 bits per heavy atom. The molecule has 0 amide bonds. The van der Waals surface area contributed by atoms with E-state index in [-0.39, 0.29) is 0 Å². The van der Waals surface area contributed by atoms with Gasteiger partial charge >= 0.3 is 0 Å².